The average molecular weight is 649 g/mol. The van der Waals surface area contributed by atoms with E-state index < -0.39 is 34.2 Å². The molecule has 0 aromatic heterocycles. The lowest BCUT2D eigenvalue weighted by atomic mass is 9.65. The van der Waals surface area contributed by atoms with Gasteiger partial charge in [0.2, 0.25) is 0 Å². The molecule has 0 spiro atoms. The number of carboxylic acids is 2. The Morgan fingerprint density at radius 2 is 1.49 bits per heavy atom. The van der Waals surface area contributed by atoms with Crippen molar-refractivity contribution in [2.24, 2.45) is 5.92 Å². The van der Waals surface area contributed by atoms with Gasteiger partial charge in [0.15, 0.2) is 0 Å². The van der Waals surface area contributed by atoms with Gasteiger partial charge in [0.25, 0.3) is 5.69 Å². The van der Waals surface area contributed by atoms with Crippen LogP contribution in [0.25, 0.3) is 0 Å². The van der Waals surface area contributed by atoms with Crippen molar-refractivity contribution in [3.63, 3.8) is 0 Å². The Bertz CT molecular complexity index is 1630. The van der Waals surface area contributed by atoms with E-state index in [0.29, 0.717) is 38.3 Å². The number of hydrogen-bond donors (Lipinski definition) is 3. The van der Waals surface area contributed by atoms with Gasteiger partial charge >= 0.3 is 11.9 Å². The van der Waals surface area contributed by atoms with Crippen LogP contribution in [0.2, 0.25) is 0 Å². The quantitative estimate of drug-likeness (QED) is 0.191. The number of rotatable bonds is 10. The second kappa shape index (κ2) is 13.6. The highest BCUT2D eigenvalue weighted by atomic mass is 19.1. The highest BCUT2D eigenvalue weighted by Gasteiger charge is 2.52. The molecule has 1 fully saturated rings. The van der Waals surface area contributed by atoms with Crippen LogP contribution in [0.4, 0.5) is 14.5 Å². The van der Waals surface area contributed by atoms with Crippen LogP contribution < -0.4 is 5.32 Å². The van der Waals surface area contributed by atoms with Crippen LogP contribution in [-0.4, -0.2) is 74.6 Å². The fourth-order valence-electron chi connectivity index (χ4n) is 7.50. The van der Waals surface area contributed by atoms with E-state index in [9.17, 15) is 38.7 Å². The second-order valence-corrected chi connectivity index (χ2v) is 12.7. The zero-order chi connectivity index (χ0) is 34.0. The normalized spacial score (nSPS) is 22.9. The van der Waals surface area contributed by atoms with Gasteiger partial charge in [-0.05, 0) is 68.1 Å². The van der Waals surface area contributed by atoms with Crippen molar-refractivity contribution in [1.29, 1.82) is 0 Å². The summed E-state index contributed by atoms with van der Waals surface area (Å²) < 4.78 is 27.5. The third-order valence-corrected chi connectivity index (χ3v) is 9.57. The number of hydrogen-bond acceptors (Lipinski definition) is 7. The Kier molecular flexibility index (Phi) is 9.73. The molecule has 3 N–H and O–H groups in total. The van der Waals surface area contributed by atoms with Gasteiger partial charge in [-0.25, -0.2) is 13.6 Å². The summed E-state index contributed by atoms with van der Waals surface area (Å²) in [4.78, 5) is 40.9. The number of nitro benzene ring substituents is 1. The third-order valence-electron chi connectivity index (χ3n) is 9.57. The van der Waals surface area contributed by atoms with E-state index in [1.54, 1.807) is 38.1 Å². The molecule has 47 heavy (non-hydrogen) atoms. The molecule has 3 aromatic carbocycles. The van der Waals surface area contributed by atoms with Crippen LogP contribution in [0.1, 0.15) is 55.8 Å². The first-order chi connectivity index (χ1) is 22.3. The van der Waals surface area contributed by atoms with Crippen LogP contribution in [-0.2, 0) is 9.59 Å². The summed E-state index contributed by atoms with van der Waals surface area (Å²) in [6, 6.07) is 17.8. The molecule has 0 aliphatic carbocycles. The SMILES string of the molecule is CC1=C(C(=O)O)C(c2cccc([N+](=O)[O-])c2)C(C(=O)O)C(C)(CC(C)N2CCN(C(c3ccc(F)cc3)c3ccc(F)cc3)CC2)N1. The van der Waals surface area contributed by atoms with Gasteiger partial charge in [0.05, 0.1) is 22.5 Å². The first kappa shape index (κ1) is 33.7. The molecule has 0 saturated carbocycles. The summed E-state index contributed by atoms with van der Waals surface area (Å²) in [6.45, 7) is 7.91. The Morgan fingerprint density at radius 1 is 0.957 bits per heavy atom. The number of aliphatic carboxylic acids is 2. The fraction of sp³-hybridized carbons (Fsp3) is 0.371. The predicted octanol–water partition coefficient (Wildman–Crippen LogP) is 5.56. The van der Waals surface area contributed by atoms with Crippen LogP contribution in [0, 0.1) is 27.7 Å². The van der Waals surface area contributed by atoms with Gasteiger partial charge in [0.1, 0.15) is 11.6 Å². The van der Waals surface area contributed by atoms with Crippen LogP contribution >= 0.6 is 0 Å². The molecule has 2 heterocycles. The smallest absolute Gasteiger partial charge is 0.333 e. The Labute approximate surface area is 271 Å². The topological polar surface area (TPSA) is 136 Å². The van der Waals surface area contributed by atoms with Crippen molar-refractivity contribution in [2.75, 3.05) is 26.2 Å². The second-order valence-electron chi connectivity index (χ2n) is 12.7. The van der Waals surface area contributed by atoms with E-state index in [1.165, 1.54) is 48.5 Å². The van der Waals surface area contributed by atoms with Gasteiger partial charge in [-0.15, -0.1) is 0 Å². The maximum absolute atomic E-state index is 13.8. The third kappa shape index (κ3) is 7.03. The maximum atomic E-state index is 13.8. The minimum Gasteiger partial charge on any atom is -0.481 e. The molecule has 4 atom stereocenters. The molecule has 2 aliphatic heterocycles. The Morgan fingerprint density at radius 3 is 1.98 bits per heavy atom. The van der Waals surface area contributed by atoms with Crippen molar-refractivity contribution < 1.29 is 33.5 Å². The van der Waals surface area contributed by atoms with E-state index in [0.717, 1.165) is 11.1 Å². The molecule has 10 nitrogen and oxygen atoms in total. The minimum absolute atomic E-state index is 0.128. The summed E-state index contributed by atoms with van der Waals surface area (Å²) in [7, 11) is 0. The van der Waals surface area contributed by atoms with Crippen LogP contribution in [0.3, 0.4) is 0 Å². The highest BCUT2D eigenvalue weighted by Crippen LogP contribution is 2.46. The van der Waals surface area contributed by atoms with E-state index in [4.69, 9.17) is 0 Å². The molecule has 1 saturated heterocycles. The molecular weight excluding hydrogens is 610 g/mol. The molecule has 2 aliphatic rings. The molecule has 0 bridgehead atoms. The molecule has 248 valence electrons. The lowest BCUT2D eigenvalue weighted by molar-refractivity contribution is -0.384. The fourth-order valence-corrected chi connectivity index (χ4v) is 7.50. The number of benzene rings is 3. The monoisotopic (exact) mass is 648 g/mol. The summed E-state index contributed by atoms with van der Waals surface area (Å²) in [5, 5.41) is 35.5. The van der Waals surface area contributed by atoms with Crippen molar-refractivity contribution in [3.8, 4) is 0 Å². The lowest BCUT2D eigenvalue weighted by Crippen LogP contribution is -2.60. The largest absolute Gasteiger partial charge is 0.481 e. The zero-order valence-corrected chi connectivity index (χ0v) is 26.4. The molecular formula is C35H38F2N4O6. The number of nitrogens with one attached hydrogen (secondary N) is 1. The molecule has 0 radical (unpaired) electrons. The summed E-state index contributed by atoms with van der Waals surface area (Å²) >= 11 is 0. The molecule has 0 amide bonds. The van der Waals surface area contributed by atoms with Gasteiger partial charge in [0, 0.05) is 61.5 Å². The maximum Gasteiger partial charge on any atom is 0.333 e. The van der Waals surface area contributed by atoms with Crippen LogP contribution in [0.5, 0.6) is 0 Å². The van der Waals surface area contributed by atoms with E-state index in [1.807, 2.05) is 6.92 Å². The Balaban J connectivity index is 1.39. The number of piperazine rings is 1. The van der Waals surface area contributed by atoms with E-state index >= 15 is 0 Å². The number of nitrogens with zero attached hydrogens (tertiary/aromatic N) is 3. The zero-order valence-electron chi connectivity index (χ0n) is 26.4. The number of nitro groups is 1. The van der Waals surface area contributed by atoms with Gasteiger partial charge in [-0.1, -0.05) is 36.4 Å². The number of non-ortho nitro benzene ring substituents is 1. The summed E-state index contributed by atoms with van der Waals surface area (Å²) in [5.74, 6) is -5.56. The number of carbonyl (C=O) groups is 2. The molecule has 12 heteroatoms. The molecule has 3 aromatic rings. The highest BCUT2D eigenvalue weighted by molar-refractivity contribution is 5.92. The molecule has 5 rings (SSSR count). The Hall–Kier alpha value is -4.68. The first-order valence-corrected chi connectivity index (χ1v) is 15.5. The van der Waals surface area contributed by atoms with E-state index in [2.05, 4.69) is 15.1 Å². The summed E-state index contributed by atoms with van der Waals surface area (Å²) in [6.07, 6.45) is 0.346. The van der Waals surface area contributed by atoms with Crippen LogP contribution in [0.15, 0.2) is 84.1 Å². The van der Waals surface area contributed by atoms with E-state index in [-0.39, 0.29) is 40.5 Å². The van der Waals surface area contributed by atoms with Gasteiger partial charge in [-0.3, -0.25) is 24.7 Å². The van der Waals surface area contributed by atoms with Crippen molar-refractivity contribution in [1.82, 2.24) is 15.1 Å². The van der Waals surface area contributed by atoms with Crippen molar-refractivity contribution in [3.05, 3.63) is 123 Å². The average Bonchev–Trinajstić information content (AvgIpc) is 3.02. The van der Waals surface area contributed by atoms with Gasteiger partial charge in [-0.2, -0.15) is 0 Å². The minimum atomic E-state index is -1.29. The standard InChI is InChI=1S/C35H38F2N4O6/c1-21(39-15-17-40(18-16-39)32(23-7-11-26(36)12-8-23)24-9-13-27(37)14-10-24)20-35(3)31(34(44)45)30(29(33(42)43)22(2)38-35)25-5-4-6-28(19-25)41(46)47/h4-14,19,21,30-32,38H,15-18,20H2,1-3H3,(H,42,43)(H,44,45). The van der Waals surface area contributed by atoms with Gasteiger partial charge < -0.3 is 15.5 Å². The number of carboxylic acid groups (broad SMARTS) is 2. The van der Waals surface area contributed by atoms with Crippen molar-refractivity contribution >= 4 is 17.6 Å². The first-order valence-electron chi connectivity index (χ1n) is 15.5. The number of allylic oxidation sites excluding steroid dienone is 1. The summed E-state index contributed by atoms with van der Waals surface area (Å²) in [5.41, 5.74) is 0.838. The van der Waals surface area contributed by atoms with Crippen molar-refractivity contribution in [2.45, 2.75) is 50.7 Å². The lowest BCUT2D eigenvalue weighted by Gasteiger charge is -2.49. The number of halogens is 2. The predicted molar refractivity (Wildman–Crippen MR) is 171 cm³/mol. The molecule has 4 unspecified atom stereocenters.